The van der Waals surface area contributed by atoms with Crippen molar-refractivity contribution in [3.8, 4) is 0 Å². The monoisotopic (exact) mass is 300 g/mol. The number of nitrogens with two attached hydrogens (primary N) is 1. The first kappa shape index (κ1) is 14.0. The molecule has 0 atom stereocenters. The van der Waals surface area contributed by atoms with Gasteiger partial charge in [0.15, 0.2) is 10.8 Å². The summed E-state index contributed by atoms with van der Waals surface area (Å²) in [6.07, 6.45) is 2.26. The molecule has 0 aliphatic carbocycles. The largest absolute Gasteiger partial charge is 0.381 e. The fourth-order valence-corrected chi connectivity index (χ4v) is 4.06. The highest BCUT2D eigenvalue weighted by atomic mass is 32.2. The zero-order chi connectivity index (χ0) is 14.0. The fraction of sp³-hybridized carbons (Fsp3) is 0.364. The second-order valence-corrected chi connectivity index (χ2v) is 6.78. The van der Waals surface area contributed by atoms with Crippen molar-refractivity contribution in [1.82, 2.24) is 14.3 Å². The number of nitrogens with one attached hydrogen (secondary N) is 1. The average molecular weight is 300 g/mol. The Kier molecular flexibility index (Phi) is 3.93. The van der Waals surface area contributed by atoms with Gasteiger partial charge in [0.2, 0.25) is 0 Å². The van der Waals surface area contributed by atoms with E-state index in [0.29, 0.717) is 0 Å². The number of aryl methyl sites for hydroxylation is 2. The van der Waals surface area contributed by atoms with Gasteiger partial charge in [-0.15, -0.1) is 11.3 Å². The van der Waals surface area contributed by atoms with E-state index in [9.17, 15) is 8.42 Å². The van der Waals surface area contributed by atoms with Gasteiger partial charge in [-0.1, -0.05) is 6.92 Å². The van der Waals surface area contributed by atoms with E-state index in [1.54, 1.807) is 7.05 Å². The summed E-state index contributed by atoms with van der Waals surface area (Å²) in [4.78, 5) is 4.81. The van der Waals surface area contributed by atoms with Crippen molar-refractivity contribution in [2.75, 3.05) is 5.73 Å². The summed E-state index contributed by atoms with van der Waals surface area (Å²) in [6, 6.07) is 2.01. The van der Waals surface area contributed by atoms with E-state index in [1.807, 2.05) is 18.4 Å². The third-order valence-corrected chi connectivity index (χ3v) is 5.30. The molecule has 0 saturated carbocycles. The molecule has 2 aromatic rings. The average Bonchev–Trinajstić information content (AvgIpc) is 2.93. The molecule has 0 bridgehead atoms. The van der Waals surface area contributed by atoms with E-state index >= 15 is 0 Å². The minimum Gasteiger partial charge on any atom is -0.381 e. The summed E-state index contributed by atoms with van der Waals surface area (Å²) in [6.45, 7) is 2.31. The van der Waals surface area contributed by atoms with Gasteiger partial charge < -0.3 is 10.3 Å². The van der Waals surface area contributed by atoms with E-state index in [4.69, 9.17) is 5.73 Å². The number of rotatable bonds is 5. The number of nitrogen functional groups attached to an aromatic ring is 1. The van der Waals surface area contributed by atoms with Crippen molar-refractivity contribution in [3.05, 3.63) is 28.2 Å². The summed E-state index contributed by atoms with van der Waals surface area (Å²) >= 11 is 1.54. The third-order valence-electron chi connectivity index (χ3n) is 2.81. The van der Waals surface area contributed by atoms with Crippen molar-refractivity contribution in [2.24, 2.45) is 7.05 Å². The molecular weight excluding hydrogens is 284 g/mol. The first-order valence-electron chi connectivity index (χ1n) is 5.77. The minimum atomic E-state index is -3.65. The fourth-order valence-electron chi connectivity index (χ4n) is 1.83. The minimum absolute atomic E-state index is 0.00195. The van der Waals surface area contributed by atoms with Gasteiger partial charge in [0.05, 0.1) is 6.33 Å². The Hall–Kier alpha value is -1.38. The predicted molar refractivity (Wildman–Crippen MR) is 75.3 cm³/mol. The van der Waals surface area contributed by atoms with Gasteiger partial charge in [0, 0.05) is 18.5 Å². The predicted octanol–water partition coefficient (Wildman–Crippen LogP) is 1.10. The van der Waals surface area contributed by atoms with Crippen LogP contribution < -0.4 is 10.5 Å². The zero-order valence-corrected chi connectivity index (χ0v) is 12.4. The lowest BCUT2D eigenvalue weighted by Crippen LogP contribution is -2.26. The maximum atomic E-state index is 12.2. The van der Waals surface area contributed by atoms with E-state index < -0.39 is 10.0 Å². The number of thiophene rings is 1. The van der Waals surface area contributed by atoms with Crippen LogP contribution in [-0.4, -0.2) is 18.0 Å². The number of nitrogens with zero attached hydrogens (tertiary/aromatic N) is 2. The van der Waals surface area contributed by atoms with Crippen molar-refractivity contribution in [3.63, 3.8) is 0 Å². The second-order valence-electron chi connectivity index (χ2n) is 4.09. The molecule has 6 nitrogen and oxygen atoms in total. The topological polar surface area (TPSA) is 90.0 Å². The smallest absolute Gasteiger partial charge is 0.260 e. The van der Waals surface area contributed by atoms with Gasteiger partial charge >= 0.3 is 0 Å². The molecule has 3 N–H and O–H groups in total. The number of imidazole rings is 1. The highest BCUT2D eigenvalue weighted by molar-refractivity contribution is 7.89. The van der Waals surface area contributed by atoms with Crippen LogP contribution in [0.5, 0.6) is 0 Å². The molecule has 0 aliphatic heterocycles. The molecule has 2 rings (SSSR count). The Bertz CT molecular complexity index is 653. The molecule has 0 unspecified atom stereocenters. The normalized spacial score (nSPS) is 11.9. The van der Waals surface area contributed by atoms with Crippen LogP contribution in [-0.2, 0) is 30.0 Å². The first-order valence-corrected chi connectivity index (χ1v) is 8.13. The van der Waals surface area contributed by atoms with Gasteiger partial charge in [0.25, 0.3) is 10.0 Å². The van der Waals surface area contributed by atoms with Crippen LogP contribution in [0.1, 0.15) is 17.4 Å². The quantitative estimate of drug-likeness (QED) is 0.865. The standard InChI is InChI=1S/C11H16N4O2S2/c1-3-8-4-5-18-9(8)6-14-19(16,17)11-10(12)13-7-15(11)2/h4-5,7,14H,3,6,12H2,1-2H3. The molecule has 0 fully saturated rings. The molecule has 0 aromatic carbocycles. The molecular formula is C11H16N4O2S2. The van der Waals surface area contributed by atoms with Gasteiger partial charge in [-0.3, -0.25) is 0 Å². The Morgan fingerprint density at radius 2 is 2.26 bits per heavy atom. The maximum Gasteiger partial charge on any atom is 0.260 e. The van der Waals surface area contributed by atoms with Crippen LogP contribution in [0.2, 0.25) is 0 Å². The number of hydrogen-bond acceptors (Lipinski definition) is 5. The van der Waals surface area contributed by atoms with Crippen molar-refractivity contribution < 1.29 is 8.42 Å². The van der Waals surface area contributed by atoms with Crippen molar-refractivity contribution >= 4 is 27.2 Å². The molecule has 0 spiro atoms. The van der Waals surface area contributed by atoms with Crippen molar-refractivity contribution in [2.45, 2.75) is 24.9 Å². The SMILES string of the molecule is CCc1ccsc1CNS(=O)(=O)c1c(N)ncn1C. The maximum absolute atomic E-state index is 12.2. The molecule has 2 heterocycles. The van der Waals surface area contributed by atoms with Crippen LogP contribution >= 0.6 is 11.3 Å². The lowest BCUT2D eigenvalue weighted by molar-refractivity contribution is 0.572. The highest BCUT2D eigenvalue weighted by Gasteiger charge is 2.22. The number of anilines is 1. The number of aromatic nitrogens is 2. The number of sulfonamides is 1. The third kappa shape index (κ3) is 2.80. The van der Waals surface area contributed by atoms with Crippen LogP contribution in [0.15, 0.2) is 22.8 Å². The second kappa shape index (κ2) is 5.32. The van der Waals surface area contributed by atoms with Crippen LogP contribution in [0.4, 0.5) is 5.82 Å². The molecule has 2 aromatic heterocycles. The summed E-state index contributed by atoms with van der Waals surface area (Å²) in [5, 5.41) is 1.96. The Balaban J connectivity index is 2.19. The lowest BCUT2D eigenvalue weighted by Gasteiger charge is -2.08. The summed E-state index contributed by atoms with van der Waals surface area (Å²) in [5.41, 5.74) is 6.74. The molecule has 104 valence electrons. The summed E-state index contributed by atoms with van der Waals surface area (Å²) in [7, 11) is -2.05. The van der Waals surface area contributed by atoms with Crippen LogP contribution in [0.25, 0.3) is 0 Å². The summed E-state index contributed by atoms with van der Waals surface area (Å²) < 4.78 is 28.3. The first-order chi connectivity index (χ1) is 8.95. The molecule has 0 saturated heterocycles. The summed E-state index contributed by atoms with van der Waals surface area (Å²) in [5.74, 6) is 0.0110. The van der Waals surface area contributed by atoms with E-state index in [2.05, 4.69) is 9.71 Å². The van der Waals surface area contributed by atoms with Crippen LogP contribution in [0, 0.1) is 0 Å². The molecule has 19 heavy (non-hydrogen) atoms. The molecule has 0 radical (unpaired) electrons. The zero-order valence-electron chi connectivity index (χ0n) is 10.8. The van der Waals surface area contributed by atoms with Gasteiger partial charge in [-0.25, -0.2) is 18.1 Å². The Morgan fingerprint density at radius 3 is 2.84 bits per heavy atom. The molecule has 0 aliphatic rings. The highest BCUT2D eigenvalue weighted by Crippen LogP contribution is 2.19. The van der Waals surface area contributed by atoms with E-state index in [0.717, 1.165) is 16.9 Å². The van der Waals surface area contributed by atoms with Gasteiger partial charge in [0.1, 0.15) is 0 Å². The van der Waals surface area contributed by atoms with E-state index in [1.165, 1.54) is 22.2 Å². The van der Waals surface area contributed by atoms with Gasteiger partial charge in [-0.05, 0) is 23.4 Å². The molecule has 0 amide bonds. The van der Waals surface area contributed by atoms with Crippen LogP contribution in [0.3, 0.4) is 0 Å². The Morgan fingerprint density at radius 1 is 1.53 bits per heavy atom. The molecule has 8 heteroatoms. The number of hydrogen-bond donors (Lipinski definition) is 2. The Labute approximate surface area is 116 Å². The van der Waals surface area contributed by atoms with E-state index in [-0.39, 0.29) is 17.4 Å². The van der Waals surface area contributed by atoms with Gasteiger partial charge in [-0.2, -0.15) is 0 Å². The lowest BCUT2D eigenvalue weighted by atomic mass is 10.2. The van der Waals surface area contributed by atoms with Crippen molar-refractivity contribution in [1.29, 1.82) is 0 Å².